The molecule has 0 N–H and O–H groups in total. The van der Waals surface area contributed by atoms with E-state index in [1.807, 2.05) is 6.20 Å². The number of aryl methyl sites for hydroxylation is 3. The summed E-state index contributed by atoms with van der Waals surface area (Å²) in [6.45, 7) is 20.1. The molecule has 0 saturated carbocycles. The number of aromatic nitrogens is 3. The molecule has 6 aromatic carbocycles. The van der Waals surface area contributed by atoms with Crippen LogP contribution in [0.3, 0.4) is 0 Å². The molecule has 0 atom stereocenters. The Morgan fingerprint density at radius 1 is 0.517 bits per heavy atom. The molecule has 0 amide bonds. The van der Waals surface area contributed by atoms with E-state index in [9.17, 15) is 0 Å². The number of rotatable bonds is 7. The van der Waals surface area contributed by atoms with Crippen LogP contribution in [0.5, 0.6) is 5.75 Å². The molecule has 2 aromatic heterocycles. The molecule has 0 spiro atoms. The number of methoxy groups -OCH3 is 1. The van der Waals surface area contributed by atoms with Gasteiger partial charge in [-0.25, -0.2) is 4.98 Å². The minimum absolute atomic E-state index is 0.0898. The van der Waals surface area contributed by atoms with Crippen molar-refractivity contribution in [2.24, 2.45) is 0 Å². The van der Waals surface area contributed by atoms with Gasteiger partial charge in [-0.3, -0.25) is 9.55 Å². The van der Waals surface area contributed by atoms with Gasteiger partial charge in [0.15, 0.2) is 0 Å². The topological polar surface area (TPSA) is 39.9 Å². The van der Waals surface area contributed by atoms with Gasteiger partial charge in [-0.2, -0.15) is 0 Å². The van der Waals surface area contributed by atoms with Crippen molar-refractivity contribution in [2.45, 2.75) is 73.1 Å². The second-order valence-corrected chi connectivity index (χ2v) is 17.8. The Balaban J connectivity index is 1.41. The Labute approximate surface area is 344 Å². The fourth-order valence-corrected chi connectivity index (χ4v) is 8.01. The van der Waals surface area contributed by atoms with Crippen LogP contribution in [0.25, 0.3) is 72.7 Å². The molecule has 0 aliphatic carbocycles. The lowest BCUT2D eigenvalue weighted by atomic mass is 9.83. The highest BCUT2D eigenvalue weighted by Gasteiger charge is 2.25. The first-order chi connectivity index (χ1) is 27.7. The predicted octanol–water partition coefficient (Wildman–Crippen LogP) is 14.3. The molecule has 0 radical (unpaired) electrons. The fourth-order valence-electron chi connectivity index (χ4n) is 8.01. The number of hydrogen-bond donors (Lipinski definition) is 0. The van der Waals surface area contributed by atoms with Gasteiger partial charge in [0, 0.05) is 23.0 Å². The van der Waals surface area contributed by atoms with E-state index in [0.717, 1.165) is 72.9 Å². The summed E-state index contributed by atoms with van der Waals surface area (Å²) >= 11 is 0. The van der Waals surface area contributed by atoms with Crippen LogP contribution in [0.15, 0.2) is 140 Å². The SMILES string of the molecule is COc1c(C)cc(C)cc1-c1nc2c(-c3cc(-c4cc(-c5ccc(C)cc5)ccn4)cc(C(C)(C)C)c3)cccc2n1-c1cc(-c2ccccc2)cc(C(C)(C)C)c1. The Morgan fingerprint density at radius 3 is 1.90 bits per heavy atom. The number of nitrogens with zero attached hydrogens (tertiary/aromatic N) is 3. The molecule has 0 saturated heterocycles. The van der Waals surface area contributed by atoms with Crippen LogP contribution in [0.4, 0.5) is 0 Å². The summed E-state index contributed by atoms with van der Waals surface area (Å²) in [6.07, 6.45) is 1.93. The Morgan fingerprint density at radius 2 is 1.19 bits per heavy atom. The van der Waals surface area contributed by atoms with Gasteiger partial charge in [-0.1, -0.05) is 132 Å². The van der Waals surface area contributed by atoms with Gasteiger partial charge in [0.25, 0.3) is 0 Å². The van der Waals surface area contributed by atoms with Crippen molar-refractivity contribution < 1.29 is 4.74 Å². The van der Waals surface area contributed by atoms with Crippen LogP contribution < -0.4 is 4.74 Å². The first-order valence-corrected chi connectivity index (χ1v) is 20.3. The molecule has 0 unspecified atom stereocenters. The fraction of sp³-hybridized carbons (Fsp3) is 0.222. The van der Waals surface area contributed by atoms with Crippen molar-refractivity contribution >= 4 is 11.0 Å². The minimum Gasteiger partial charge on any atom is -0.496 e. The van der Waals surface area contributed by atoms with Crippen LogP contribution in [0.1, 0.15) is 69.4 Å². The van der Waals surface area contributed by atoms with E-state index in [1.54, 1.807) is 7.11 Å². The lowest BCUT2D eigenvalue weighted by Crippen LogP contribution is -2.12. The first kappa shape index (κ1) is 38.6. The highest BCUT2D eigenvalue weighted by Crippen LogP contribution is 2.42. The van der Waals surface area contributed by atoms with Gasteiger partial charge in [0.2, 0.25) is 0 Å². The molecule has 0 bridgehead atoms. The zero-order chi connectivity index (χ0) is 40.9. The van der Waals surface area contributed by atoms with E-state index in [-0.39, 0.29) is 10.8 Å². The number of imidazole rings is 1. The number of benzene rings is 6. The van der Waals surface area contributed by atoms with Crippen LogP contribution in [-0.4, -0.2) is 21.6 Å². The molecule has 0 aliphatic rings. The van der Waals surface area contributed by atoms with Crippen LogP contribution >= 0.6 is 0 Å². The quantitative estimate of drug-likeness (QED) is 0.162. The average Bonchev–Trinajstić information content (AvgIpc) is 3.60. The van der Waals surface area contributed by atoms with E-state index in [1.165, 1.54) is 33.4 Å². The summed E-state index contributed by atoms with van der Waals surface area (Å²) in [5.41, 5.74) is 18.6. The van der Waals surface area contributed by atoms with E-state index >= 15 is 0 Å². The van der Waals surface area contributed by atoms with Crippen molar-refractivity contribution in [3.8, 4) is 67.5 Å². The summed E-state index contributed by atoms with van der Waals surface area (Å²) in [6, 6.07) is 48.6. The number of ether oxygens (including phenoxy) is 1. The third-order valence-corrected chi connectivity index (χ3v) is 11.2. The Bertz CT molecular complexity index is 2800. The third kappa shape index (κ3) is 7.47. The molecule has 8 rings (SSSR count). The monoisotopic (exact) mass is 759 g/mol. The molecule has 0 aliphatic heterocycles. The molecule has 2 heterocycles. The summed E-state index contributed by atoms with van der Waals surface area (Å²) in [7, 11) is 1.76. The molecule has 290 valence electrons. The second kappa shape index (κ2) is 14.9. The highest BCUT2D eigenvalue weighted by atomic mass is 16.5. The minimum atomic E-state index is -0.106. The largest absolute Gasteiger partial charge is 0.496 e. The smallest absolute Gasteiger partial charge is 0.149 e. The zero-order valence-electron chi connectivity index (χ0n) is 35.5. The maximum absolute atomic E-state index is 6.16. The highest BCUT2D eigenvalue weighted by molar-refractivity contribution is 5.97. The van der Waals surface area contributed by atoms with E-state index in [2.05, 4.69) is 200 Å². The molecular weight excluding hydrogens is 707 g/mol. The van der Waals surface area contributed by atoms with Crippen LogP contribution in [-0.2, 0) is 10.8 Å². The average molecular weight is 760 g/mol. The predicted molar refractivity (Wildman–Crippen MR) is 244 cm³/mol. The Hall–Kier alpha value is -6.26. The standard InChI is InChI=1S/C54H53N3O/c1-34-19-21-38(22-20-34)39-23-24-55-48(32-39)42-27-41(29-43(30-42)53(4,5)6)46-17-14-18-49-50(46)56-52(47-26-35(2)25-36(3)51(47)58-10)57(49)45-31-40(37-15-12-11-13-16-37)28-44(33-45)54(7,8)9/h11-33H,1-10H3. The maximum atomic E-state index is 6.16. The number of hydrogen-bond acceptors (Lipinski definition) is 3. The van der Waals surface area contributed by atoms with Gasteiger partial charge in [0.1, 0.15) is 11.6 Å². The van der Waals surface area contributed by atoms with Gasteiger partial charge in [0.05, 0.1) is 29.4 Å². The molecule has 58 heavy (non-hydrogen) atoms. The summed E-state index contributed by atoms with van der Waals surface area (Å²) in [5, 5.41) is 0. The number of para-hydroxylation sites is 1. The molecule has 4 nitrogen and oxygen atoms in total. The second-order valence-electron chi connectivity index (χ2n) is 17.8. The summed E-state index contributed by atoms with van der Waals surface area (Å²) < 4.78 is 8.51. The Kier molecular flexibility index (Phi) is 9.93. The van der Waals surface area contributed by atoms with Gasteiger partial charge in [-0.15, -0.1) is 0 Å². The normalized spacial score (nSPS) is 12.0. The van der Waals surface area contributed by atoms with Crippen molar-refractivity contribution in [3.05, 3.63) is 167 Å². The summed E-state index contributed by atoms with van der Waals surface area (Å²) in [5.74, 6) is 1.67. The van der Waals surface area contributed by atoms with Crippen LogP contribution in [0, 0.1) is 20.8 Å². The molecule has 4 heteroatoms. The zero-order valence-corrected chi connectivity index (χ0v) is 35.5. The third-order valence-electron chi connectivity index (χ3n) is 11.2. The van der Waals surface area contributed by atoms with E-state index in [4.69, 9.17) is 14.7 Å². The van der Waals surface area contributed by atoms with Crippen molar-refractivity contribution in [2.75, 3.05) is 7.11 Å². The van der Waals surface area contributed by atoms with E-state index in [0.29, 0.717) is 0 Å². The first-order valence-electron chi connectivity index (χ1n) is 20.3. The van der Waals surface area contributed by atoms with Crippen molar-refractivity contribution in [3.63, 3.8) is 0 Å². The lowest BCUT2D eigenvalue weighted by molar-refractivity contribution is 0.413. The molecule has 8 aromatic rings. The number of fused-ring (bicyclic) bond motifs is 1. The molecular formula is C54H53N3O. The number of pyridine rings is 1. The van der Waals surface area contributed by atoms with Crippen molar-refractivity contribution in [1.82, 2.24) is 14.5 Å². The van der Waals surface area contributed by atoms with Gasteiger partial charge >= 0.3 is 0 Å². The lowest BCUT2D eigenvalue weighted by Gasteiger charge is -2.23. The van der Waals surface area contributed by atoms with E-state index < -0.39 is 0 Å². The van der Waals surface area contributed by atoms with Gasteiger partial charge in [-0.05, 0) is 130 Å². The van der Waals surface area contributed by atoms with Crippen molar-refractivity contribution in [1.29, 1.82) is 0 Å². The van der Waals surface area contributed by atoms with Crippen LogP contribution in [0.2, 0.25) is 0 Å². The summed E-state index contributed by atoms with van der Waals surface area (Å²) in [4.78, 5) is 10.6. The maximum Gasteiger partial charge on any atom is 0.149 e. The molecule has 0 fully saturated rings. The van der Waals surface area contributed by atoms with Gasteiger partial charge < -0.3 is 4.74 Å².